The number of aryl methyl sites for hydroxylation is 1. The standard InChI is InChI=1S/C28H31N7O4/c1-18-6-10-22(11-7-18)35-25(15-24(33-35)28(3,4)5)32-27(37)31-20-8-12-23(13-9-20)39-26-14-21(29-17-30-26)16-38-34-19(2)36/h6-15,17H,16H2,1-5H3,(H,34,36)(H2,31,32,37). The Hall–Kier alpha value is -4.77. The minimum atomic E-state index is -0.406. The molecule has 11 heteroatoms. The number of nitrogens with zero attached hydrogens (tertiary/aromatic N) is 4. The predicted octanol–water partition coefficient (Wildman–Crippen LogP) is 5.27. The third-order valence-electron chi connectivity index (χ3n) is 5.47. The van der Waals surface area contributed by atoms with Gasteiger partial charge in [0.25, 0.3) is 0 Å². The summed E-state index contributed by atoms with van der Waals surface area (Å²) in [6.07, 6.45) is 1.34. The number of hydrogen-bond donors (Lipinski definition) is 3. The van der Waals surface area contributed by atoms with E-state index in [9.17, 15) is 9.59 Å². The Morgan fingerprint density at radius 1 is 0.949 bits per heavy atom. The third-order valence-corrected chi connectivity index (χ3v) is 5.47. The molecular weight excluding hydrogens is 498 g/mol. The summed E-state index contributed by atoms with van der Waals surface area (Å²) in [5.41, 5.74) is 5.99. The smallest absolute Gasteiger partial charge is 0.324 e. The molecule has 2 heterocycles. The van der Waals surface area contributed by atoms with Crippen LogP contribution in [0.2, 0.25) is 0 Å². The molecule has 3 N–H and O–H groups in total. The van der Waals surface area contributed by atoms with Crippen LogP contribution < -0.4 is 20.9 Å². The molecule has 4 rings (SSSR count). The van der Waals surface area contributed by atoms with Crippen molar-refractivity contribution in [2.75, 3.05) is 10.6 Å². The third kappa shape index (κ3) is 7.62. The minimum Gasteiger partial charge on any atom is -0.439 e. The van der Waals surface area contributed by atoms with Crippen molar-refractivity contribution in [3.63, 3.8) is 0 Å². The number of aromatic nitrogens is 4. The highest BCUT2D eigenvalue weighted by Gasteiger charge is 2.21. The lowest BCUT2D eigenvalue weighted by molar-refractivity contribution is -0.132. The molecule has 0 spiro atoms. The SMILES string of the molecule is CC(=O)NOCc1cc(Oc2ccc(NC(=O)Nc3cc(C(C)(C)C)nn3-c3ccc(C)cc3)cc2)ncn1. The van der Waals surface area contributed by atoms with Crippen LogP contribution in [0.5, 0.6) is 11.6 Å². The number of amides is 3. The van der Waals surface area contributed by atoms with Crippen molar-refractivity contribution < 1.29 is 19.2 Å². The molecule has 2 aromatic carbocycles. The first-order chi connectivity index (χ1) is 18.6. The van der Waals surface area contributed by atoms with Gasteiger partial charge in [-0.2, -0.15) is 5.10 Å². The molecule has 0 radical (unpaired) electrons. The molecule has 202 valence electrons. The lowest BCUT2D eigenvalue weighted by atomic mass is 9.92. The van der Waals surface area contributed by atoms with Gasteiger partial charge in [0.05, 0.1) is 17.1 Å². The van der Waals surface area contributed by atoms with Gasteiger partial charge in [-0.05, 0) is 43.3 Å². The van der Waals surface area contributed by atoms with Crippen molar-refractivity contribution in [3.8, 4) is 17.3 Å². The van der Waals surface area contributed by atoms with Crippen molar-refractivity contribution >= 4 is 23.4 Å². The first-order valence-electron chi connectivity index (χ1n) is 12.3. The van der Waals surface area contributed by atoms with E-state index in [-0.39, 0.29) is 17.9 Å². The van der Waals surface area contributed by atoms with Crippen LogP contribution in [0, 0.1) is 6.92 Å². The van der Waals surface area contributed by atoms with Gasteiger partial charge in [0.2, 0.25) is 11.8 Å². The summed E-state index contributed by atoms with van der Waals surface area (Å²) < 4.78 is 7.51. The number of anilines is 2. The molecule has 4 aromatic rings. The average molecular weight is 530 g/mol. The van der Waals surface area contributed by atoms with Gasteiger partial charge in [0.1, 0.15) is 24.5 Å². The minimum absolute atomic E-state index is 0.0660. The molecule has 11 nitrogen and oxygen atoms in total. The largest absolute Gasteiger partial charge is 0.439 e. The van der Waals surface area contributed by atoms with Crippen LogP contribution in [0.25, 0.3) is 5.69 Å². The number of rotatable bonds is 8. The number of carbonyl (C=O) groups excluding carboxylic acids is 2. The Morgan fingerprint density at radius 2 is 1.67 bits per heavy atom. The van der Waals surface area contributed by atoms with E-state index in [2.05, 4.69) is 46.9 Å². The highest BCUT2D eigenvalue weighted by atomic mass is 16.6. The molecule has 0 saturated carbocycles. The summed E-state index contributed by atoms with van der Waals surface area (Å²) >= 11 is 0. The molecule has 0 aliphatic heterocycles. The molecular formula is C28H31N7O4. The maximum atomic E-state index is 12.9. The summed E-state index contributed by atoms with van der Waals surface area (Å²) in [5, 5.41) is 10.5. The maximum absolute atomic E-state index is 12.9. The number of hydroxylamine groups is 1. The maximum Gasteiger partial charge on any atom is 0.324 e. The second-order valence-electron chi connectivity index (χ2n) is 9.91. The van der Waals surface area contributed by atoms with Gasteiger partial charge in [0, 0.05) is 30.2 Å². The average Bonchev–Trinajstić information content (AvgIpc) is 3.30. The van der Waals surface area contributed by atoms with Crippen LogP contribution in [0.15, 0.2) is 67.0 Å². The lowest BCUT2D eigenvalue weighted by Gasteiger charge is -2.14. The zero-order valence-corrected chi connectivity index (χ0v) is 22.5. The first-order valence-corrected chi connectivity index (χ1v) is 12.3. The molecule has 0 aliphatic carbocycles. The van der Waals surface area contributed by atoms with E-state index in [4.69, 9.17) is 14.7 Å². The Balaban J connectivity index is 1.40. The zero-order chi connectivity index (χ0) is 28.0. The molecule has 0 aliphatic rings. The fraction of sp³-hybridized carbons (Fsp3) is 0.250. The van der Waals surface area contributed by atoms with Crippen molar-refractivity contribution in [2.45, 2.75) is 46.6 Å². The molecule has 0 fully saturated rings. The van der Waals surface area contributed by atoms with Gasteiger partial charge in [-0.1, -0.05) is 38.5 Å². The van der Waals surface area contributed by atoms with Crippen LogP contribution in [-0.2, 0) is 21.7 Å². The fourth-order valence-corrected chi connectivity index (χ4v) is 3.45. The molecule has 0 unspecified atom stereocenters. The lowest BCUT2D eigenvalue weighted by Crippen LogP contribution is -2.21. The van der Waals surface area contributed by atoms with Gasteiger partial charge < -0.3 is 10.1 Å². The van der Waals surface area contributed by atoms with Crippen molar-refractivity contribution in [1.29, 1.82) is 0 Å². The van der Waals surface area contributed by atoms with Crippen LogP contribution in [0.4, 0.5) is 16.3 Å². The quantitative estimate of drug-likeness (QED) is 0.265. The van der Waals surface area contributed by atoms with E-state index in [1.54, 1.807) is 35.0 Å². The topological polar surface area (TPSA) is 132 Å². The van der Waals surface area contributed by atoms with E-state index >= 15 is 0 Å². The number of nitrogens with one attached hydrogen (secondary N) is 3. The number of carbonyl (C=O) groups is 2. The summed E-state index contributed by atoms with van der Waals surface area (Å²) in [4.78, 5) is 37.0. The van der Waals surface area contributed by atoms with Crippen LogP contribution in [-0.4, -0.2) is 31.7 Å². The molecule has 3 amide bonds. The monoisotopic (exact) mass is 529 g/mol. The van der Waals surface area contributed by atoms with E-state index in [0.717, 1.165) is 16.9 Å². The Kier molecular flexibility index (Phi) is 8.21. The number of urea groups is 1. The summed E-state index contributed by atoms with van der Waals surface area (Å²) in [6.45, 7) is 9.65. The number of ether oxygens (including phenoxy) is 1. The van der Waals surface area contributed by atoms with Gasteiger partial charge in [-0.25, -0.2) is 24.9 Å². The van der Waals surface area contributed by atoms with E-state index in [1.165, 1.54) is 13.3 Å². The highest BCUT2D eigenvalue weighted by Crippen LogP contribution is 2.27. The Morgan fingerprint density at radius 3 is 2.33 bits per heavy atom. The van der Waals surface area contributed by atoms with E-state index in [1.807, 2.05) is 37.3 Å². The predicted molar refractivity (Wildman–Crippen MR) is 147 cm³/mol. The summed E-state index contributed by atoms with van der Waals surface area (Å²) in [6, 6.07) is 17.9. The molecule has 0 saturated heterocycles. The first kappa shape index (κ1) is 27.3. The summed E-state index contributed by atoms with van der Waals surface area (Å²) in [5.74, 6) is 1.07. The van der Waals surface area contributed by atoms with Crippen molar-refractivity contribution in [2.24, 2.45) is 0 Å². The van der Waals surface area contributed by atoms with Gasteiger partial charge >= 0.3 is 6.03 Å². The second kappa shape index (κ2) is 11.7. The second-order valence-corrected chi connectivity index (χ2v) is 9.91. The number of hydrogen-bond acceptors (Lipinski definition) is 7. The molecule has 0 bridgehead atoms. The van der Waals surface area contributed by atoms with Gasteiger partial charge in [-0.3, -0.25) is 14.9 Å². The molecule has 2 aromatic heterocycles. The molecule has 0 atom stereocenters. The van der Waals surface area contributed by atoms with Crippen molar-refractivity contribution in [1.82, 2.24) is 25.2 Å². The van der Waals surface area contributed by atoms with Crippen LogP contribution >= 0.6 is 0 Å². The number of benzene rings is 2. The normalized spacial score (nSPS) is 11.1. The Labute approximate surface area is 226 Å². The van der Waals surface area contributed by atoms with Gasteiger partial charge in [0.15, 0.2) is 0 Å². The van der Waals surface area contributed by atoms with Crippen LogP contribution in [0.1, 0.15) is 44.6 Å². The molecule has 39 heavy (non-hydrogen) atoms. The van der Waals surface area contributed by atoms with E-state index in [0.29, 0.717) is 28.8 Å². The van der Waals surface area contributed by atoms with Gasteiger partial charge in [-0.15, -0.1) is 0 Å². The zero-order valence-electron chi connectivity index (χ0n) is 22.5. The van der Waals surface area contributed by atoms with E-state index < -0.39 is 6.03 Å². The Bertz CT molecular complexity index is 1440. The summed E-state index contributed by atoms with van der Waals surface area (Å²) in [7, 11) is 0. The fourth-order valence-electron chi connectivity index (χ4n) is 3.45. The van der Waals surface area contributed by atoms with Crippen molar-refractivity contribution in [3.05, 3.63) is 83.9 Å². The highest BCUT2D eigenvalue weighted by molar-refractivity contribution is 5.99. The van der Waals surface area contributed by atoms with Crippen LogP contribution in [0.3, 0.4) is 0 Å².